The van der Waals surface area contributed by atoms with Gasteiger partial charge in [-0.15, -0.1) is 19.7 Å². The Labute approximate surface area is 322 Å². The molecular weight excluding hydrogens is 696 g/mol. The Balaban J connectivity index is 0.000000479. The molecule has 0 aromatic carbocycles. The van der Waals surface area contributed by atoms with Gasteiger partial charge in [0.25, 0.3) is 0 Å². The lowest BCUT2D eigenvalue weighted by atomic mass is 9.78. The highest BCUT2D eigenvalue weighted by Crippen LogP contribution is 2.44. The Morgan fingerprint density at radius 2 is 1.07 bits per heavy atom. The van der Waals surface area contributed by atoms with Crippen molar-refractivity contribution in [3.8, 4) is 0 Å². The molecule has 0 bridgehead atoms. The van der Waals surface area contributed by atoms with Crippen LogP contribution in [0.4, 0.5) is 9.59 Å². The normalized spacial score (nSPS) is 21.1. The summed E-state index contributed by atoms with van der Waals surface area (Å²) in [5, 5.41) is 0. The maximum atomic E-state index is 13.1. The zero-order valence-electron chi connectivity index (χ0n) is 34.8. The smallest absolute Gasteiger partial charge is 0.417 e. The van der Waals surface area contributed by atoms with Gasteiger partial charge in [0.15, 0.2) is 0 Å². The summed E-state index contributed by atoms with van der Waals surface area (Å²) in [4.78, 5) is 77.5. The Kier molecular flexibility index (Phi) is 17.4. The van der Waals surface area contributed by atoms with Crippen LogP contribution in [0.25, 0.3) is 0 Å². The predicted octanol–water partition coefficient (Wildman–Crippen LogP) is 7.86. The molecule has 0 aliphatic carbocycles. The van der Waals surface area contributed by atoms with E-state index in [4.69, 9.17) is 23.7 Å². The number of nitrogens with zero attached hydrogens (tertiary/aromatic N) is 2. The molecule has 13 nitrogen and oxygen atoms in total. The van der Waals surface area contributed by atoms with Crippen molar-refractivity contribution in [3.63, 3.8) is 0 Å². The Hall–Kier alpha value is -4.00. The fourth-order valence-electron chi connectivity index (χ4n) is 5.84. The molecule has 3 heterocycles. The maximum absolute atomic E-state index is 13.1. The van der Waals surface area contributed by atoms with Crippen LogP contribution in [-0.2, 0) is 42.9 Å². The Morgan fingerprint density at radius 1 is 0.667 bits per heavy atom. The highest BCUT2D eigenvalue weighted by Gasteiger charge is 2.57. The number of rotatable bonds is 8. The van der Waals surface area contributed by atoms with Gasteiger partial charge in [-0.05, 0) is 128 Å². The fourth-order valence-corrected chi connectivity index (χ4v) is 5.84. The van der Waals surface area contributed by atoms with E-state index in [2.05, 4.69) is 19.7 Å². The van der Waals surface area contributed by atoms with E-state index in [9.17, 15) is 28.8 Å². The van der Waals surface area contributed by atoms with Crippen LogP contribution in [0.5, 0.6) is 0 Å². The van der Waals surface area contributed by atoms with Crippen LogP contribution in [0.3, 0.4) is 0 Å². The molecule has 0 saturated carbocycles. The van der Waals surface area contributed by atoms with Gasteiger partial charge in [-0.2, -0.15) is 0 Å². The number of likely N-dealkylation sites (tertiary alicyclic amines) is 2. The van der Waals surface area contributed by atoms with Crippen molar-refractivity contribution >= 4 is 35.9 Å². The van der Waals surface area contributed by atoms with Crippen LogP contribution in [0.1, 0.15) is 128 Å². The van der Waals surface area contributed by atoms with Crippen LogP contribution in [0.2, 0.25) is 0 Å². The van der Waals surface area contributed by atoms with Gasteiger partial charge in [0.05, 0.1) is 5.41 Å². The van der Waals surface area contributed by atoms with Gasteiger partial charge in [-0.1, -0.05) is 18.2 Å². The second-order valence-electron chi connectivity index (χ2n) is 17.7. The first kappa shape index (κ1) is 48.0. The number of ether oxygens (including phenoxy) is 5. The van der Waals surface area contributed by atoms with Gasteiger partial charge >= 0.3 is 24.1 Å². The number of imide groups is 2. The lowest BCUT2D eigenvalue weighted by Crippen LogP contribution is -2.48. The van der Waals surface area contributed by atoms with E-state index in [1.165, 1.54) is 12.8 Å². The lowest BCUT2D eigenvalue weighted by Gasteiger charge is -2.28. The number of allylic oxidation sites excluding steroid dienone is 3. The Bertz CT molecular complexity index is 1350. The number of esters is 2. The van der Waals surface area contributed by atoms with Crippen molar-refractivity contribution in [2.45, 2.75) is 163 Å². The third-order valence-corrected chi connectivity index (χ3v) is 7.86. The summed E-state index contributed by atoms with van der Waals surface area (Å²) in [5.74, 6) is -2.55. The van der Waals surface area contributed by atoms with Crippen LogP contribution >= 0.6 is 0 Å². The fraction of sp³-hybridized carbons (Fsp3) is 0.707. The molecule has 0 aromatic heterocycles. The Morgan fingerprint density at radius 3 is 1.43 bits per heavy atom. The molecule has 3 saturated heterocycles. The van der Waals surface area contributed by atoms with E-state index in [1.54, 1.807) is 101 Å². The summed E-state index contributed by atoms with van der Waals surface area (Å²) < 4.78 is 26.3. The first-order valence-corrected chi connectivity index (χ1v) is 18.6. The van der Waals surface area contributed by atoms with Gasteiger partial charge in [0.1, 0.15) is 34.5 Å². The standard InChI is InChI=1S/C20H31NO5.C17H27NO5.C4H8O/c1-9-11-20(12-10-2)13-14(15(22)25-18(3,4)5)21(16(20)23)17(24)26-19(6,7)8;1-8-9-11-10-12(14(20)22-16(2,3)4)18(13(11)19)15(21)23-17(5,6)7;1-2-4-5-3-1/h9-10,14H,1-2,11-13H2,3-8H3;8,11-12H,1,9-10H2,2-7H3;1-4H2/t14-;11?,12-;/m00./s1. The minimum atomic E-state index is -1.03. The molecule has 3 fully saturated rings. The average Bonchev–Trinajstić information content (AvgIpc) is 3.72. The minimum absolute atomic E-state index is 0.151. The van der Waals surface area contributed by atoms with Crippen molar-refractivity contribution in [3.05, 3.63) is 38.0 Å². The van der Waals surface area contributed by atoms with Crippen molar-refractivity contribution in [1.29, 1.82) is 0 Å². The van der Waals surface area contributed by atoms with E-state index in [0.717, 1.165) is 23.0 Å². The monoisotopic (exact) mass is 762 g/mol. The number of carbonyl (C=O) groups excluding carboxylic acids is 6. The summed E-state index contributed by atoms with van der Waals surface area (Å²) in [6.45, 7) is 33.7. The highest BCUT2D eigenvalue weighted by molar-refractivity contribution is 6.03. The molecule has 4 amide bonds. The molecule has 13 heteroatoms. The molecule has 54 heavy (non-hydrogen) atoms. The zero-order chi connectivity index (χ0) is 41.9. The van der Waals surface area contributed by atoms with E-state index >= 15 is 0 Å². The first-order valence-electron chi connectivity index (χ1n) is 18.6. The van der Waals surface area contributed by atoms with E-state index in [1.807, 2.05) is 0 Å². The second-order valence-corrected chi connectivity index (χ2v) is 17.7. The molecule has 306 valence electrons. The molecular formula is C41H66N2O11. The van der Waals surface area contributed by atoms with Gasteiger partial charge in [-0.3, -0.25) is 9.59 Å². The van der Waals surface area contributed by atoms with Crippen LogP contribution in [-0.4, -0.2) is 93.4 Å². The van der Waals surface area contributed by atoms with Crippen molar-refractivity contribution in [2.75, 3.05) is 13.2 Å². The highest BCUT2D eigenvalue weighted by atomic mass is 16.6. The van der Waals surface area contributed by atoms with Crippen LogP contribution in [0, 0.1) is 11.3 Å². The number of hydrogen-bond acceptors (Lipinski definition) is 11. The summed E-state index contributed by atoms with van der Waals surface area (Å²) in [7, 11) is 0. The van der Waals surface area contributed by atoms with E-state index in [0.29, 0.717) is 19.3 Å². The lowest BCUT2D eigenvalue weighted by molar-refractivity contribution is -0.162. The van der Waals surface area contributed by atoms with Gasteiger partial charge in [0.2, 0.25) is 11.8 Å². The maximum Gasteiger partial charge on any atom is 0.417 e. The van der Waals surface area contributed by atoms with Crippen molar-refractivity contribution in [1.82, 2.24) is 9.80 Å². The summed E-state index contributed by atoms with van der Waals surface area (Å²) in [5.41, 5.74) is -3.93. The van der Waals surface area contributed by atoms with Crippen LogP contribution in [0.15, 0.2) is 38.0 Å². The summed E-state index contributed by atoms with van der Waals surface area (Å²) in [6, 6.07) is -1.99. The average molecular weight is 763 g/mol. The largest absolute Gasteiger partial charge is 0.458 e. The molecule has 3 aliphatic heterocycles. The third-order valence-electron chi connectivity index (χ3n) is 7.86. The van der Waals surface area contributed by atoms with Crippen molar-refractivity contribution in [2.24, 2.45) is 11.3 Å². The quantitative estimate of drug-likeness (QED) is 0.135. The topological polar surface area (TPSA) is 155 Å². The zero-order valence-corrected chi connectivity index (χ0v) is 34.8. The molecule has 0 aromatic rings. The van der Waals surface area contributed by atoms with E-state index in [-0.39, 0.29) is 12.8 Å². The molecule has 3 aliphatic rings. The number of hydrogen-bond donors (Lipinski definition) is 0. The van der Waals surface area contributed by atoms with Crippen LogP contribution < -0.4 is 0 Å². The molecule has 0 radical (unpaired) electrons. The minimum Gasteiger partial charge on any atom is -0.458 e. The summed E-state index contributed by atoms with van der Waals surface area (Å²) in [6.07, 6.45) is 7.17. The predicted molar refractivity (Wildman–Crippen MR) is 205 cm³/mol. The SMILES string of the molecule is C1CCOC1.C=CCC1(CC=C)C[C@@H](C(=O)OC(C)(C)C)N(C(=O)OC(C)(C)C)C1=O.C=CCC1C[C@@H](C(=O)OC(C)(C)C)N(C(=O)OC(C)(C)C)C1=O. The van der Waals surface area contributed by atoms with Crippen molar-refractivity contribution < 1.29 is 52.5 Å². The molecule has 0 N–H and O–H groups in total. The molecule has 3 atom stereocenters. The van der Waals surface area contributed by atoms with Gasteiger partial charge < -0.3 is 23.7 Å². The van der Waals surface area contributed by atoms with Gasteiger partial charge in [-0.25, -0.2) is 29.0 Å². The van der Waals surface area contributed by atoms with Gasteiger partial charge in [0, 0.05) is 19.1 Å². The number of amides is 4. The second kappa shape index (κ2) is 19.5. The number of carbonyl (C=O) groups is 6. The summed E-state index contributed by atoms with van der Waals surface area (Å²) >= 11 is 0. The van der Waals surface area contributed by atoms with E-state index < -0.39 is 81.8 Å². The third kappa shape index (κ3) is 15.4. The molecule has 3 rings (SSSR count). The molecule has 1 unspecified atom stereocenters. The first-order chi connectivity index (χ1) is 24.6. The molecule has 0 spiro atoms.